The summed E-state index contributed by atoms with van der Waals surface area (Å²) in [4.78, 5) is 4.14. The van der Waals surface area contributed by atoms with Crippen molar-refractivity contribution in [3.63, 3.8) is 0 Å². The average Bonchev–Trinajstić information content (AvgIpc) is 2.70. The van der Waals surface area contributed by atoms with E-state index >= 15 is 0 Å². The number of rotatable bonds is 2. The molecule has 1 heterocycles. The lowest BCUT2D eigenvalue weighted by Gasteiger charge is -2.01. The summed E-state index contributed by atoms with van der Waals surface area (Å²) in [5, 5.41) is 0. The molecule has 0 spiro atoms. The van der Waals surface area contributed by atoms with Gasteiger partial charge in [0.25, 0.3) is 0 Å². The molecule has 0 aliphatic rings. The molecule has 3 nitrogen and oxygen atoms in total. The molecule has 0 saturated heterocycles. The van der Waals surface area contributed by atoms with Crippen molar-refractivity contribution >= 4 is 31.9 Å². The topological polar surface area (TPSA) is 52.0 Å². The van der Waals surface area contributed by atoms with Crippen molar-refractivity contribution in [1.82, 2.24) is 4.98 Å². The van der Waals surface area contributed by atoms with E-state index in [4.69, 9.17) is 10.2 Å². The molecule has 2 aromatic rings. The first-order valence-corrected chi connectivity index (χ1v) is 6.33. The Morgan fingerprint density at radius 1 is 1.38 bits per heavy atom. The Morgan fingerprint density at radius 3 is 2.75 bits per heavy atom. The van der Waals surface area contributed by atoms with Crippen LogP contribution in [-0.2, 0) is 0 Å². The lowest BCUT2D eigenvalue weighted by molar-refractivity contribution is 0.473. The zero-order chi connectivity index (χ0) is 11.7. The molecule has 2 N–H and O–H groups in total. The highest BCUT2D eigenvalue weighted by Gasteiger charge is 2.12. The fourth-order valence-corrected chi connectivity index (χ4v) is 2.11. The van der Waals surface area contributed by atoms with Crippen molar-refractivity contribution < 1.29 is 4.42 Å². The molecule has 16 heavy (non-hydrogen) atoms. The SMILES string of the molecule is CC(N)c1ncc(-c2cc(Br)ccc2Br)o1. The van der Waals surface area contributed by atoms with Gasteiger partial charge in [0.15, 0.2) is 5.76 Å². The summed E-state index contributed by atoms with van der Waals surface area (Å²) in [7, 11) is 0. The van der Waals surface area contributed by atoms with Crippen molar-refractivity contribution in [1.29, 1.82) is 0 Å². The molecule has 1 unspecified atom stereocenters. The maximum Gasteiger partial charge on any atom is 0.211 e. The summed E-state index contributed by atoms with van der Waals surface area (Å²) < 4.78 is 7.53. The van der Waals surface area contributed by atoms with Gasteiger partial charge in [0.05, 0.1) is 12.2 Å². The normalized spacial score (nSPS) is 12.8. The molecule has 0 bridgehead atoms. The third-order valence-electron chi connectivity index (χ3n) is 2.11. The predicted molar refractivity (Wildman–Crippen MR) is 69.9 cm³/mol. The molecule has 84 valence electrons. The van der Waals surface area contributed by atoms with Crippen LogP contribution in [0.25, 0.3) is 11.3 Å². The highest BCUT2D eigenvalue weighted by Crippen LogP contribution is 2.31. The van der Waals surface area contributed by atoms with Gasteiger partial charge < -0.3 is 10.2 Å². The highest BCUT2D eigenvalue weighted by atomic mass is 79.9. The van der Waals surface area contributed by atoms with Crippen LogP contribution in [-0.4, -0.2) is 4.98 Å². The smallest absolute Gasteiger partial charge is 0.211 e. The largest absolute Gasteiger partial charge is 0.439 e. The van der Waals surface area contributed by atoms with Gasteiger partial charge in [-0.15, -0.1) is 0 Å². The summed E-state index contributed by atoms with van der Waals surface area (Å²) in [6.45, 7) is 1.84. The molecule has 1 atom stereocenters. The predicted octanol–water partition coefficient (Wildman–Crippen LogP) is 3.89. The van der Waals surface area contributed by atoms with Gasteiger partial charge in [0.1, 0.15) is 0 Å². The summed E-state index contributed by atoms with van der Waals surface area (Å²) >= 11 is 6.90. The Morgan fingerprint density at radius 2 is 2.12 bits per heavy atom. The maximum absolute atomic E-state index is 5.70. The number of hydrogen-bond donors (Lipinski definition) is 1. The minimum atomic E-state index is -0.195. The number of aromatic nitrogens is 1. The van der Waals surface area contributed by atoms with Crippen molar-refractivity contribution in [3.05, 3.63) is 39.2 Å². The molecule has 0 radical (unpaired) electrons. The Kier molecular flexibility index (Phi) is 3.47. The average molecular weight is 346 g/mol. The minimum Gasteiger partial charge on any atom is -0.439 e. The Bertz CT molecular complexity index is 508. The zero-order valence-corrected chi connectivity index (χ0v) is 11.7. The Balaban J connectivity index is 2.46. The van der Waals surface area contributed by atoms with Gasteiger partial charge in [0.2, 0.25) is 5.89 Å². The van der Waals surface area contributed by atoms with Gasteiger partial charge in [-0.05, 0) is 25.1 Å². The summed E-state index contributed by atoms with van der Waals surface area (Å²) in [6.07, 6.45) is 1.69. The fraction of sp³-hybridized carbons (Fsp3) is 0.182. The molecule has 2 rings (SSSR count). The van der Waals surface area contributed by atoms with Gasteiger partial charge >= 0.3 is 0 Å². The minimum absolute atomic E-state index is 0.195. The van der Waals surface area contributed by atoms with Gasteiger partial charge in [-0.3, -0.25) is 0 Å². The number of nitrogens with two attached hydrogens (primary N) is 1. The second-order valence-electron chi connectivity index (χ2n) is 3.48. The molecule has 1 aromatic carbocycles. The molecular weight excluding hydrogens is 336 g/mol. The van der Waals surface area contributed by atoms with Gasteiger partial charge in [-0.2, -0.15) is 0 Å². The summed E-state index contributed by atoms with van der Waals surface area (Å²) in [5.74, 6) is 1.25. The van der Waals surface area contributed by atoms with Crippen molar-refractivity contribution in [2.24, 2.45) is 5.73 Å². The van der Waals surface area contributed by atoms with Crippen molar-refractivity contribution in [2.45, 2.75) is 13.0 Å². The Hall–Kier alpha value is -0.650. The monoisotopic (exact) mass is 344 g/mol. The third-order valence-corrected chi connectivity index (χ3v) is 3.29. The molecule has 5 heteroatoms. The first kappa shape index (κ1) is 11.8. The number of oxazole rings is 1. The lowest BCUT2D eigenvalue weighted by Crippen LogP contribution is -2.04. The van der Waals surface area contributed by atoms with Crippen LogP contribution >= 0.6 is 31.9 Å². The highest BCUT2D eigenvalue weighted by molar-refractivity contribution is 9.11. The van der Waals surface area contributed by atoms with Crippen LogP contribution < -0.4 is 5.73 Å². The molecule has 0 saturated carbocycles. The van der Waals surface area contributed by atoms with Crippen LogP contribution in [0, 0.1) is 0 Å². The molecule has 0 amide bonds. The van der Waals surface area contributed by atoms with E-state index in [0.717, 1.165) is 14.5 Å². The molecule has 0 aliphatic heterocycles. The van der Waals surface area contributed by atoms with Crippen LogP contribution in [0.2, 0.25) is 0 Å². The van der Waals surface area contributed by atoms with Gasteiger partial charge in [0, 0.05) is 14.5 Å². The Labute approximate surface area is 110 Å². The summed E-state index contributed by atoms with van der Waals surface area (Å²) in [6, 6.07) is 5.68. The van der Waals surface area contributed by atoms with Crippen molar-refractivity contribution in [3.8, 4) is 11.3 Å². The van der Waals surface area contributed by atoms with Gasteiger partial charge in [-0.25, -0.2) is 4.98 Å². The van der Waals surface area contributed by atoms with E-state index in [1.54, 1.807) is 6.20 Å². The third kappa shape index (κ3) is 2.36. The molecule has 0 fully saturated rings. The fourth-order valence-electron chi connectivity index (χ4n) is 1.31. The van der Waals surface area contributed by atoms with E-state index in [2.05, 4.69) is 36.8 Å². The zero-order valence-electron chi connectivity index (χ0n) is 8.58. The molecule has 1 aromatic heterocycles. The van der Waals surface area contributed by atoms with E-state index in [9.17, 15) is 0 Å². The number of nitrogens with zero attached hydrogens (tertiary/aromatic N) is 1. The quantitative estimate of drug-likeness (QED) is 0.898. The molecular formula is C11H10Br2N2O. The second-order valence-corrected chi connectivity index (χ2v) is 5.25. The van der Waals surface area contributed by atoms with E-state index < -0.39 is 0 Å². The number of halogens is 2. The first-order chi connectivity index (χ1) is 7.58. The standard InChI is InChI=1S/C11H10Br2N2O/c1-6(14)11-15-5-10(16-11)8-4-7(12)2-3-9(8)13/h2-6H,14H2,1H3. The van der Waals surface area contributed by atoms with E-state index in [0.29, 0.717) is 11.7 Å². The van der Waals surface area contributed by atoms with E-state index in [1.807, 2.05) is 25.1 Å². The lowest BCUT2D eigenvalue weighted by atomic mass is 10.2. The maximum atomic E-state index is 5.70. The molecule has 0 aliphatic carbocycles. The van der Waals surface area contributed by atoms with Crippen LogP contribution in [0.3, 0.4) is 0 Å². The van der Waals surface area contributed by atoms with Crippen LogP contribution in [0.1, 0.15) is 18.9 Å². The van der Waals surface area contributed by atoms with Crippen molar-refractivity contribution in [2.75, 3.05) is 0 Å². The van der Waals surface area contributed by atoms with Crippen LogP contribution in [0.15, 0.2) is 37.8 Å². The number of hydrogen-bond acceptors (Lipinski definition) is 3. The van der Waals surface area contributed by atoms with E-state index in [-0.39, 0.29) is 6.04 Å². The van der Waals surface area contributed by atoms with Gasteiger partial charge in [-0.1, -0.05) is 31.9 Å². The summed E-state index contributed by atoms with van der Waals surface area (Å²) in [5.41, 5.74) is 6.65. The second kappa shape index (κ2) is 4.69. The number of benzene rings is 1. The van der Waals surface area contributed by atoms with Crippen LogP contribution in [0.4, 0.5) is 0 Å². The first-order valence-electron chi connectivity index (χ1n) is 4.74. The van der Waals surface area contributed by atoms with E-state index in [1.165, 1.54) is 0 Å². The van der Waals surface area contributed by atoms with Crippen LogP contribution in [0.5, 0.6) is 0 Å².